The van der Waals surface area contributed by atoms with Gasteiger partial charge in [-0.2, -0.15) is 13.2 Å². The molecule has 1 saturated heterocycles. The summed E-state index contributed by atoms with van der Waals surface area (Å²) in [5.41, 5.74) is -0.302. The van der Waals surface area contributed by atoms with E-state index in [0.717, 1.165) is 18.4 Å². The van der Waals surface area contributed by atoms with Crippen LogP contribution in [-0.2, 0) is 15.5 Å². The number of alkyl halides is 3. The summed E-state index contributed by atoms with van der Waals surface area (Å²) in [6.07, 6.45) is 3.76. The van der Waals surface area contributed by atoms with E-state index in [2.05, 4.69) is 27.7 Å². The van der Waals surface area contributed by atoms with E-state index >= 15 is 0 Å². The molecule has 0 aromatic heterocycles. The maximum atomic E-state index is 12.9. The van der Waals surface area contributed by atoms with Gasteiger partial charge in [-0.15, -0.1) is 0 Å². The van der Waals surface area contributed by atoms with Crippen molar-refractivity contribution < 1.29 is 22.5 Å². The third-order valence-electron chi connectivity index (χ3n) is 8.10. The van der Waals surface area contributed by atoms with Crippen LogP contribution in [0.25, 0.3) is 0 Å². The number of hydrogen-bond acceptors (Lipinski definition) is 2. The number of hydrogen-bond donors (Lipinski definition) is 0. The first-order chi connectivity index (χ1) is 13.4. The summed E-state index contributed by atoms with van der Waals surface area (Å²) in [6, 6.07) is 5.74. The Morgan fingerprint density at radius 2 is 1.38 bits per heavy atom. The molecule has 29 heavy (non-hydrogen) atoms. The van der Waals surface area contributed by atoms with Gasteiger partial charge in [-0.3, -0.25) is 0 Å². The summed E-state index contributed by atoms with van der Waals surface area (Å²) >= 11 is 0. The highest BCUT2D eigenvalue weighted by atomic mass is 19.4. The fourth-order valence-electron chi connectivity index (χ4n) is 5.51. The zero-order valence-electron chi connectivity index (χ0n) is 17.9. The molecule has 160 valence electrons. The molecule has 3 aliphatic rings. The maximum absolute atomic E-state index is 12.9. The topological polar surface area (TPSA) is 18.5 Å². The van der Waals surface area contributed by atoms with Gasteiger partial charge in [0.1, 0.15) is 0 Å². The molecule has 1 aromatic carbocycles. The van der Waals surface area contributed by atoms with Crippen LogP contribution in [0, 0.1) is 5.92 Å². The smallest absolute Gasteiger partial charge is 0.403 e. The van der Waals surface area contributed by atoms with E-state index in [1.54, 1.807) is 12.1 Å². The molecule has 0 amide bonds. The Morgan fingerprint density at radius 3 is 1.86 bits per heavy atom. The van der Waals surface area contributed by atoms with Gasteiger partial charge < -0.3 is 9.31 Å². The summed E-state index contributed by atoms with van der Waals surface area (Å²) in [5.74, 6) is 0.842. The van der Waals surface area contributed by atoms with Gasteiger partial charge in [0, 0.05) is 5.31 Å². The van der Waals surface area contributed by atoms with Crippen molar-refractivity contribution in [3.63, 3.8) is 0 Å². The van der Waals surface area contributed by atoms with Gasteiger partial charge in [-0.1, -0.05) is 44.2 Å². The molecule has 2 nitrogen and oxygen atoms in total. The molecule has 1 aliphatic heterocycles. The van der Waals surface area contributed by atoms with E-state index in [4.69, 9.17) is 9.31 Å². The first-order valence-electron chi connectivity index (χ1n) is 11.0. The molecule has 0 atom stereocenters. The van der Waals surface area contributed by atoms with Crippen LogP contribution in [0.3, 0.4) is 0 Å². The van der Waals surface area contributed by atoms with E-state index < -0.39 is 11.7 Å². The Balaban J connectivity index is 1.55. The van der Waals surface area contributed by atoms with E-state index in [1.807, 2.05) is 0 Å². The van der Waals surface area contributed by atoms with Crippen molar-refractivity contribution in [3.05, 3.63) is 35.4 Å². The fourth-order valence-corrected chi connectivity index (χ4v) is 5.51. The Morgan fingerprint density at radius 1 is 0.862 bits per heavy atom. The molecule has 4 rings (SSSR count). The Labute approximate surface area is 172 Å². The second-order valence-corrected chi connectivity index (χ2v) is 10.4. The van der Waals surface area contributed by atoms with Gasteiger partial charge in [0.15, 0.2) is 0 Å². The van der Waals surface area contributed by atoms with Crippen LogP contribution in [0.15, 0.2) is 24.3 Å². The highest BCUT2D eigenvalue weighted by Gasteiger charge is 2.65. The molecule has 2 aliphatic carbocycles. The third kappa shape index (κ3) is 3.65. The van der Waals surface area contributed by atoms with Crippen molar-refractivity contribution in [1.29, 1.82) is 0 Å². The molecule has 3 fully saturated rings. The second-order valence-electron chi connectivity index (χ2n) is 10.4. The van der Waals surface area contributed by atoms with Gasteiger partial charge >= 0.3 is 13.3 Å². The molecule has 0 radical (unpaired) electrons. The summed E-state index contributed by atoms with van der Waals surface area (Å²) < 4.78 is 51.7. The summed E-state index contributed by atoms with van der Waals surface area (Å²) in [4.78, 5) is 0. The number of rotatable bonds is 3. The lowest BCUT2D eigenvalue weighted by molar-refractivity contribution is -0.137. The standard InChI is InChI=1S/C23H32BF3O2/c1-20(2)21(3,4)29-24(28-20)22(18-8-6-5-7-9-18)14-17(15-22)16-10-12-19(13-11-16)23(25,26)27/h10-13,17-18H,5-9,14-15H2,1-4H3. The predicted molar refractivity (Wildman–Crippen MR) is 109 cm³/mol. The maximum Gasteiger partial charge on any atom is 0.464 e. The monoisotopic (exact) mass is 408 g/mol. The fraction of sp³-hybridized carbons (Fsp3) is 0.739. The van der Waals surface area contributed by atoms with Crippen LogP contribution in [0.5, 0.6) is 0 Å². The Kier molecular flexibility index (Phi) is 5.14. The number of halogens is 3. The lowest BCUT2D eigenvalue weighted by atomic mass is 9.37. The summed E-state index contributed by atoms with van der Waals surface area (Å²) in [7, 11) is -0.235. The minimum Gasteiger partial charge on any atom is -0.403 e. The van der Waals surface area contributed by atoms with E-state index in [-0.39, 0.29) is 29.6 Å². The summed E-state index contributed by atoms with van der Waals surface area (Å²) in [5, 5.41) is -0.0289. The van der Waals surface area contributed by atoms with Crippen molar-refractivity contribution in [1.82, 2.24) is 0 Å². The molecule has 0 N–H and O–H groups in total. The minimum atomic E-state index is -4.29. The van der Waals surface area contributed by atoms with Gasteiger partial charge in [0.25, 0.3) is 0 Å². The highest BCUT2D eigenvalue weighted by Crippen LogP contribution is 2.67. The lowest BCUT2D eigenvalue weighted by Crippen LogP contribution is -2.49. The Bertz CT molecular complexity index is 713. The van der Waals surface area contributed by atoms with Crippen molar-refractivity contribution in [3.8, 4) is 0 Å². The van der Waals surface area contributed by atoms with Crippen molar-refractivity contribution >= 4 is 7.12 Å². The molecular formula is C23H32BF3O2. The zero-order chi connectivity index (χ0) is 21.1. The van der Waals surface area contributed by atoms with Crippen LogP contribution in [0.4, 0.5) is 13.2 Å². The second kappa shape index (κ2) is 7.01. The molecule has 2 saturated carbocycles. The van der Waals surface area contributed by atoms with Crippen LogP contribution in [0.1, 0.15) is 89.7 Å². The van der Waals surface area contributed by atoms with Gasteiger partial charge in [0.05, 0.1) is 16.8 Å². The van der Waals surface area contributed by atoms with Crippen molar-refractivity contribution in [2.75, 3.05) is 0 Å². The lowest BCUT2D eigenvalue weighted by Gasteiger charge is -2.54. The first kappa shape index (κ1) is 21.2. The molecule has 1 aromatic rings. The predicted octanol–water partition coefficient (Wildman–Crippen LogP) is 7.00. The average molecular weight is 408 g/mol. The van der Waals surface area contributed by atoms with Gasteiger partial charge in [0.2, 0.25) is 0 Å². The zero-order valence-corrected chi connectivity index (χ0v) is 17.9. The Hall–Kier alpha value is -1.01. The third-order valence-corrected chi connectivity index (χ3v) is 8.10. The van der Waals surface area contributed by atoms with E-state index in [0.29, 0.717) is 5.92 Å². The van der Waals surface area contributed by atoms with Gasteiger partial charge in [-0.25, -0.2) is 0 Å². The highest BCUT2D eigenvalue weighted by molar-refractivity contribution is 6.50. The van der Waals surface area contributed by atoms with E-state index in [1.165, 1.54) is 44.2 Å². The molecular weight excluding hydrogens is 376 g/mol. The molecule has 6 heteroatoms. The molecule has 0 spiro atoms. The average Bonchev–Trinajstić information content (AvgIpc) is 2.82. The van der Waals surface area contributed by atoms with E-state index in [9.17, 15) is 13.2 Å². The van der Waals surface area contributed by atoms with Crippen LogP contribution >= 0.6 is 0 Å². The largest absolute Gasteiger partial charge is 0.464 e. The first-order valence-corrected chi connectivity index (χ1v) is 11.0. The van der Waals surface area contributed by atoms with Crippen LogP contribution in [0.2, 0.25) is 5.31 Å². The quantitative estimate of drug-likeness (QED) is 0.502. The molecule has 0 unspecified atom stereocenters. The summed E-state index contributed by atoms with van der Waals surface area (Å²) in [6.45, 7) is 8.36. The normalized spacial score (nSPS) is 32.2. The SMILES string of the molecule is CC1(C)OB(C2(C3CCCCC3)CC(c3ccc(C(F)(F)F)cc3)C2)OC1(C)C. The number of benzene rings is 1. The minimum absolute atomic E-state index is 0.0289. The van der Waals surface area contributed by atoms with Crippen molar-refractivity contribution in [2.24, 2.45) is 5.92 Å². The van der Waals surface area contributed by atoms with Gasteiger partial charge in [-0.05, 0) is 70.1 Å². The molecule has 1 heterocycles. The van der Waals surface area contributed by atoms with Crippen LogP contribution < -0.4 is 0 Å². The molecule has 0 bridgehead atoms. The van der Waals surface area contributed by atoms with Crippen molar-refractivity contribution in [2.45, 2.75) is 101 Å². The van der Waals surface area contributed by atoms with Crippen LogP contribution in [-0.4, -0.2) is 18.3 Å².